The van der Waals surface area contributed by atoms with Gasteiger partial charge in [0.1, 0.15) is 0 Å². The van der Waals surface area contributed by atoms with Gasteiger partial charge in [-0.25, -0.2) is 0 Å². The number of aliphatic hydroxyl groups is 1. The highest BCUT2D eigenvalue weighted by Gasteiger charge is 2.13. The zero-order chi connectivity index (χ0) is 13.1. The molecule has 0 aromatic heterocycles. The van der Waals surface area contributed by atoms with Gasteiger partial charge >= 0.3 is 0 Å². The van der Waals surface area contributed by atoms with Gasteiger partial charge in [-0.3, -0.25) is 0 Å². The van der Waals surface area contributed by atoms with Crippen molar-refractivity contribution in [2.75, 3.05) is 0 Å². The van der Waals surface area contributed by atoms with E-state index in [4.69, 9.17) is 0 Å². The Kier molecular flexibility index (Phi) is 4.20. The number of aryl methyl sites for hydroxylation is 1. The Labute approximate surface area is 117 Å². The van der Waals surface area contributed by atoms with Crippen LogP contribution in [0.3, 0.4) is 0 Å². The molecule has 0 amide bonds. The molecule has 2 rings (SSSR count). The predicted octanol–water partition coefficient (Wildman–Crippen LogP) is 4.34. The summed E-state index contributed by atoms with van der Waals surface area (Å²) in [6.45, 7) is 4.11. The molecule has 0 bridgehead atoms. The monoisotopic (exact) mass is 304 g/mol. The van der Waals surface area contributed by atoms with E-state index < -0.39 is 6.10 Å². The van der Waals surface area contributed by atoms with E-state index in [1.54, 1.807) is 0 Å². The maximum atomic E-state index is 10.4. The lowest BCUT2D eigenvalue weighted by Gasteiger charge is -2.16. The summed E-state index contributed by atoms with van der Waals surface area (Å²) in [6.07, 6.45) is 0.202. The van der Waals surface area contributed by atoms with Crippen LogP contribution in [0.25, 0.3) is 0 Å². The topological polar surface area (TPSA) is 20.2 Å². The number of rotatable bonds is 3. The quantitative estimate of drug-likeness (QED) is 0.894. The Morgan fingerprint density at radius 2 is 1.78 bits per heavy atom. The van der Waals surface area contributed by atoms with E-state index in [-0.39, 0.29) is 0 Å². The first-order valence-electron chi connectivity index (χ1n) is 6.07. The fourth-order valence-corrected chi connectivity index (χ4v) is 2.52. The molecule has 94 valence electrons. The molecule has 2 heteroatoms. The molecular formula is C16H17BrO. The van der Waals surface area contributed by atoms with Crippen LogP contribution in [0.15, 0.2) is 46.9 Å². The van der Waals surface area contributed by atoms with Crippen molar-refractivity contribution >= 4 is 15.9 Å². The van der Waals surface area contributed by atoms with Crippen molar-refractivity contribution in [1.29, 1.82) is 0 Å². The van der Waals surface area contributed by atoms with Gasteiger partial charge in [0.25, 0.3) is 0 Å². The molecule has 0 radical (unpaired) electrons. The summed E-state index contributed by atoms with van der Waals surface area (Å²) >= 11 is 3.50. The summed E-state index contributed by atoms with van der Waals surface area (Å²) in [4.78, 5) is 0. The average Bonchev–Trinajstić information content (AvgIpc) is 2.35. The Bertz CT molecular complexity index is 549. The molecular weight excluding hydrogens is 288 g/mol. The van der Waals surface area contributed by atoms with Gasteiger partial charge in [0.2, 0.25) is 0 Å². The van der Waals surface area contributed by atoms with Crippen molar-refractivity contribution in [2.24, 2.45) is 0 Å². The molecule has 0 aliphatic carbocycles. The van der Waals surface area contributed by atoms with E-state index in [2.05, 4.69) is 35.0 Å². The van der Waals surface area contributed by atoms with Crippen molar-refractivity contribution in [3.8, 4) is 0 Å². The van der Waals surface area contributed by atoms with Crippen LogP contribution < -0.4 is 0 Å². The van der Waals surface area contributed by atoms with E-state index in [1.807, 2.05) is 37.3 Å². The van der Waals surface area contributed by atoms with Crippen LogP contribution in [0.1, 0.15) is 28.4 Å². The van der Waals surface area contributed by atoms with Gasteiger partial charge in [0.15, 0.2) is 0 Å². The van der Waals surface area contributed by atoms with Crippen LogP contribution in [0.4, 0.5) is 0 Å². The minimum atomic E-state index is -0.455. The first-order valence-corrected chi connectivity index (χ1v) is 6.86. The predicted molar refractivity (Wildman–Crippen MR) is 78.7 cm³/mol. The lowest BCUT2D eigenvalue weighted by Crippen LogP contribution is -2.05. The molecule has 0 aliphatic heterocycles. The first-order chi connectivity index (χ1) is 8.59. The van der Waals surface area contributed by atoms with Gasteiger partial charge in [-0.2, -0.15) is 0 Å². The second-order valence-corrected chi connectivity index (χ2v) is 5.45. The molecule has 2 aromatic rings. The molecule has 18 heavy (non-hydrogen) atoms. The summed E-state index contributed by atoms with van der Waals surface area (Å²) < 4.78 is 1.05. The lowest BCUT2D eigenvalue weighted by atomic mass is 9.96. The summed E-state index contributed by atoms with van der Waals surface area (Å²) in [5.41, 5.74) is 4.53. The Morgan fingerprint density at radius 3 is 2.50 bits per heavy atom. The highest BCUT2D eigenvalue weighted by atomic mass is 79.9. The fraction of sp³-hybridized carbons (Fsp3) is 0.250. The minimum absolute atomic E-state index is 0.455. The minimum Gasteiger partial charge on any atom is -0.388 e. The van der Waals surface area contributed by atoms with Crippen molar-refractivity contribution < 1.29 is 5.11 Å². The SMILES string of the molecule is Cc1ccccc1CC(O)c1cccc(Br)c1C. The molecule has 0 aliphatic rings. The summed E-state index contributed by atoms with van der Waals surface area (Å²) in [5.74, 6) is 0. The van der Waals surface area contributed by atoms with E-state index in [9.17, 15) is 5.11 Å². The second kappa shape index (κ2) is 5.68. The first kappa shape index (κ1) is 13.3. The smallest absolute Gasteiger partial charge is 0.0833 e. The number of aliphatic hydroxyl groups excluding tert-OH is 1. The highest BCUT2D eigenvalue weighted by molar-refractivity contribution is 9.10. The lowest BCUT2D eigenvalue weighted by molar-refractivity contribution is 0.177. The van der Waals surface area contributed by atoms with Crippen LogP contribution in [0.2, 0.25) is 0 Å². The Hall–Kier alpha value is -1.12. The maximum absolute atomic E-state index is 10.4. The standard InChI is InChI=1S/C16H17BrO/c1-11-6-3-4-7-13(11)10-16(18)14-8-5-9-15(17)12(14)2/h3-9,16,18H,10H2,1-2H3. The van der Waals surface area contributed by atoms with Crippen molar-refractivity contribution in [3.05, 3.63) is 69.2 Å². The van der Waals surface area contributed by atoms with E-state index >= 15 is 0 Å². The van der Waals surface area contributed by atoms with Crippen molar-refractivity contribution in [1.82, 2.24) is 0 Å². The Morgan fingerprint density at radius 1 is 1.06 bits per heavy atom. The molecule has 2 aromatic carbocycles. The van der Waals surface area contributed by atoms with Gasteiger partial charge in [0, 0.05) is 10.9 Å². The molecule has 0 saturated carbocycles. The van der Waals surface area contributed by atoms with E-state index in [1.165, 1.54) is 11.1 Å². The normalized spacial score (nSPS) is 12.4. The maximum Gasteiger partial charge on any atom is 0.0833 e. The Balaban J connectivity index is 2.25. The van der Waals surface area contributed by atoms with Crippen molar-refractivity contribution in [3.63, 3.8) is 0 Å². The zero-order valence-corrected chi connectivity index (χ0v) is 12.2. The molecule has 0 heterocycles. The molecule has 0 saturated heterocycles. The van der Waals surface area contributed by atoms with Gasteiger partial charge in [-0.1, -0.05) is 52.3 Å². The van der Waals surface area contributed by atoms with Crippen LogP contribution in [0.5, 0.6) is 0 Å². The third-order valence-corrected chi connectivity index (χ3v) is 4.20. The van der Waals surface area contributed by atoms with Crippen LogP contribution in [-0.4, -0.2) is 5.11 Å². The van der Waals surface area contributed by atoms with Gasteiger partial charge < -0.3 is 5.11 Å². The summed E-state index contributed by atoms with van der Waals surface area (Å²) in [5, 5.41) is 10.4. The number of hydrogen-bond acceptors (Lipinski definition) is 1. The second-order valence-electron chi connectivity index (χ2n) is 4.60. The van der Waals surface area contributed by atoms with Crippen molar-refractivity contribution in [2.45, 2.75) is 26.4 Å². The number of halogens is 1. The molecule has 0 spiro atoms. The molecule has 1 unspecified atom stereocenters. The molecule has 1 N–H and O–H groups in total. The molecule has 1 nitrogen and oxygen atoms in total. The average molecular weight is 305 g/mol. The van der Waals surface area contributed by atoms with Gasteiger partial charge in [0.05, 0.1) is 6.10 Å². The number of benzene rings is 2. The molecule has 1 atom stereocenters. The van der Waals surface area contributed by atoms with E-state index in [0.29, 0.717) is 6.42 Å². The summed E-state index contributed by atoms with van der Waals surface area (Å²) in [7, 11) is 0. The van der Waals surface area contributed by atoms with Gasteiger partial charge in [-0.15, -0.1) is 0 Å². The van der Waals surface area contributed by atoms with Crippen LogP contribution in [0, 0.1) is 13.8 Å². The van der Waals surface area contributed by atoms with Gasteiger partial charge in [-0.05, 0) is 42.2 Å². The third-order valence-electron chi connectivity index (χ3n) is 3.34. The summed E-state index contributed by atoms with van der Waals surface area (Å²) in [6, 6.07) is 14.1. The highest BCUT2D eigenvalue weighted by Crippen LogP contribution is 2.27. The van der Waals surface area contributed by atoms with Crippen LogP contribution >= 0.6 is 15.9 Å². The largest absolute Gasteiger partial charge is 0.388 e. The fourth-order valence-electron chi connectivity index (χ4n) is 2.14. The van der Waals surface area contributed by atoms with E-state index in [0.717, 1.165) is 15.6 Å². The number of hydrogen-bond donors (Lipinski definition) is 1. The third kappa shape index (κ3) is 2.82. The molecule has 0 fully saturated rings. The zero-order valence-electron chi connectivity index (χ0n) is 10.7. The van der Waals surface area contributed by atoms with Crippen LogP contribution in [-0.2, 0) is 6.42 Å².